The Hall–Kier alpha value is -3.78. The molecule has 2 aromatic heterocycles. The largest absolute Gasteiger partial charge is 0.504 e. The maximum absolute atomic E-state index is 13.4. The predicted octanol–water partition coefficient (Wildman–Crippen LogP) is 2.85. The van der Waals surface area contributed by atoms with Crippen molar-refractivity contribution in [3.05, 3.63) is 80.1 Å². The van der Waals surface area contributed by atoms with Crippen LogP contribution in [0, 0.1) is 6.92 Å². The van der Waals surface area contributed by atoms with E-state index in [0.717, 1.165) is 32.6 Å². The molecule has 0 amide bonds. The molecule has 2 aromatic carbocycles. The van der Waals surface area contributed by atoms with Gasteiger partial charge in [0.05, 0.1) is 36.0 Å². The van der Waals surface area contributed by atoms with Crippen LogP contribution in [0.15, 0.2) is 52.1 Å². The van der Waals surface area contributed by atoms with E-state index in [-0.39, 0.29) is 11.3 Å². The molecule has 5 rings (SSSR count). The summed E-state index contributed by atoms with van der Waals surface area (Å²) >= 11 is 0. The maximum Gasteiger partial charge on any atom is 0.331 e. The van der Waals surface area contributed by atoms with E-state index in [2.05, 4.69) is 4.57 Å². The Morgan fingerprint density at radius 1 is 1.09 bits per heavy atom. The van der Waals surface area contributed by atoms with Gasteiger partial charge in [0.25, 0.3) is 5.56 Å². The van der Waals surface area contributed by atoms with Gasteiger partial charge in [-0.2, -0.15) is 0 Å². The molecule has 8 heteroatoms. The predicted molar refractivity (Wildman–Crippen MR) is 125 cm³/mol. The molecule has 0 spiro atoms. The second kappa shape index (κ2) is 7.67. The Bertz CT molecular complexity index is 1530. The summed E-state index contributed by atoms with van der Waals surface area (Å²) < 4.78 is 16.2. The Labute approximate surface area is 189 Å². The number of aryl methyl sites for hydroxylation is 2. The van der Waals surface area contributed by atoms with Crippen molar-refractivity contribution < 1.29 is 14.6 Å². The smallest absolute Gasteiger partial charge is 0.331 e. The molecule has 4 aromatic rings. The van der Waals surface area contributed by atoms with Crippen LogP contribution in [0.25, 0.3) is 22.2 Å². The highest BCUT2D eigenvalue weighted by molar-refractivity contribution is 5.96. The average Bonchev–Trinajstić information content (AvgIpc) is 3.17. The summed E-state index contributed by atoms with van der Waals surface area (Å²) in [5.74, 6) is 0.354. The topological polar surface area (TPSA) is 87.6 Å². The zero-order valence-corrected chi connectivity index (χ0v) is 19.0. The molecule has 1 atom stereocenters. The summed E-state index contributed by atoms with van der Waals surface area (Å²) in [4.78, 5) is 26.3. The van der Waals surface area contributed by atoms with Gasteiger partial charge in [-0.1, -0.05) is 29.8 Å². The van der Waals surface area contributed by atoms with Gasteiger partial charge < -0.3 is 19.1 Å². The normalized spacial score (nSPS) is 15.6. The van der Waals surface area contributed by atoms with Crippen molar-refractivity contribution in [2.45, 2.75) is 19.6 Å². The van der Waals surface area contributed by atoms with E-state index in [1.54, 1.807) is 25.2 Å². The SMILES string of the molecule is COc1cc([C@H]2OCCn3c(-c4cccc(C)c4)c4c(=O)n(C)c(=O)n(C)c4c32)ccc1O. The monoisotopic (exact) mass is 447 g/mol. The van der Waals surface area contributed by atoms with E-state index in [0.29, 0.717) is 29.8 Å². The van der Waals surface area contributed by atoms with Gasteiger partial charge in [-0.05, 0) is 36.2 Å². The van der Waals surface area contributed by atoms with Crippen LogP contribution in [-0.4, -0.2) is 32.5 Å². The van der Waals surface area contributed by atoms with E-state index in [1.807, 2.05) is 31.2 Å². The molecular formula is C25H25N3O5. The van der Waals surface area contributed by atoms with Gasteiger partial charge in [-0.15, -0.1) is 0 Å². The fraction of sp³-hybridized carbons (Fsp3) is 0.280. The van der Waals surface area contributed by atoms with Gasteiger partial charge in [0.1, 0.15) is 6.10 Å². The second-order valence-corrected chi connectivity index (χ2v) is 8.37. The van der Waals surface area contributed by atoms with Gasteiger partial charge in [-0.3, -0.25) is 13.9 Å². The van der Waals surface area contributed by atoms with Crippen molar-refractivity contribution >= 4 is 10.9 Å². The minimum Gasteiger partial charge on any atom is -0.504 e. The number of aromatic hydroxyl groups is 1. The molecule has 1 aliphatic rings. The summed E-state index contributed by atoms with van der Waals surface area (Å²) in [7, 11) is 4.66. The highest BCUT2D eigenvalue weighted by Crippen LogP contribution is 2.42. The lowest BCUT2D eigenvalue weighted by Crippen LogP contribution is -2.37. The van der Waals surface area contributed by atoms with Crippen LogP contribution < -0.4 is 16.0 Å². The molecule has 3 heterocycles. The summed E-state index contributed by atoms with van der Waals surface area (Å²) in [5.41, 5.74) is 4.07. The van der Waals surface area contributed by atoms with Crippen molar-refractivity contribution in [2.75, 3.05) is 13.7 Å². The molecule has 0 fully saturated rings. The van der Waals surface area contributed by atoms with Gasteiger partial charge >= 0.3 is 5.69 Å². The van der Waals surface area contributed by atoms with Crippen molar-refractivity contribution in [1.82, 2.24) is 13.7 Å². The first-order valence-electron chi connectivity index (χ1n) is 10.7. The number of phenolic OH excluding ortho intramolecular Hbond substituents is 1. The summed E-state index contributed by atoms with van der Waals surface area (Å²) in [5, 5.41) is 10.6. The molecule has 170 valence electrons. The first kappa shape index (κ1) is 21.1. The number of ether oxygens (including phenoxy) is 2. The van der Waals surface area contributed by atoms with Gasteiger partial charge in [0.2, 0.25) is 0 Å². The van der Waals surface area contributed by atoms with Gasteiger partial charge in [0, 0.05) is 20.6 Å². The molecule has 8 nitrogen and oxygen atoms in total. The zero-order chi connectivity index (χ0) is 23.4. The molecule has 0 aliphatic carbocycles. The number of hydrogen-bond acceptors (Lipinski definition) is 5. The lowest BCUT2D eigenvalue weighted by molar-refractivity contribution is 0.0477. The molecule has 0 saturated carbocycles. The number of rotatable bonds is 3. The minimum absolute atomic E-state index is 0.0269. The van der Waals surface area contributed by atoms with E-state index >= 15 is 0 Å². The molecule has 33 heavy (non-hydrogen) atoms. The third kappa shape index (κ3) is 3.09. The summed E-state index contributed by atoms with van der Waals surface area (Å²) in [6.07, 6.45) is -0.549. The van der Waals surface area contributed by atoms with E-state index < -0.39 is 11.8 Å². The fourth-order valence-corrected chi connectivity index (χ4v) is 4.78. The second-order valence-electron chi connectivity index (χ2n) is 8.37. The molecule has 0 bridgehead atoms. The minimum atomic E-state index is -0.549. The number of hydrogen-bond donors (Lipinski definition) is 1. The van der Waals surface area contributed by atoms with Crippen LogP contribution in [0.4, 0.5) is 0 Å². The van der Waals surface area contributed by atoms with Gasteiger partial charge in [-0.25, -0.2) is 4.79 Å². The third-order valence-electron chi connectivity index (χ3n) is 6.35. The van der Waals surface area contributed by atoms with E-state index in [4.69, 9.17) is 9.47 Å². The highest BCUT2D eigenvalue weighted by Gasteiger charge is 2.33. The van der Waals surface area contributed by atoms with Crippen LogP contribution in [-0.2, 0) is 25.4 Å². The highest BCUT2D eigenvalue weighted by atomic mass is 16.5. The van der Waals surface area contributed by atoms with Crippen molar-refractivity contribution in [1.29, 1.82) is 0 Å². The molecule has 0 radical (unpaired) electrons. The first-order valence-corrected chi connectivity index (χ1v) is 10.7. The van der Waals surface area contributed by atoms with Crippen LogP contribution in [0.3, 0.4) is 0 Å². The average molecular weight is 447 g/mol. The van der Waals surface area contributed by atoms with Crippen LogP contribution in [0.2, 0.25) is 0 Å². The molecule has 1 N–H and O–H groups in total. The fourth-order valence-electron chi connectivity index (χ4n) is 4.78. The van der Waals surface area contributed by atoms with Crippen molar-refractivity contribution in [2.24, 2.45) is 14.1 Å². The zero-order valence-electron chi connectivity index (χ0n) is 19.0. The Morgan fingerprint density at radius 2 is 1.88 bits per heavy atom. The number of benzene rings is 2. The number of nitrogens with zero attached hydrogens (tertiary/aromatic N) is 3. The van der Waals surface area contributed by atoms with Crippen LogP contribution in [0.5, 0.6) is 11.5 Å². The summed E-state index contributed by atoms with van der Waals surface area (Å²) in [6.45, 7) is 2.97. The summed E-state index contributed by atoms with van der Waals surface area (Å²) in [6, 6.07) is 13.0. The molecular weight excluding hydrogens is 422 g/mol. The standard InChI is InChI=1S/C25H25N3O5/c1-14-6-5-7-15(12-14)20-19-21(26(2)25(31)27(3)24(19)30)22-23(33-11-10-28(20)22)16-8-9-17(29)18(13-16)32-4/h5-9,12-13,23,29H,10-11H2,1-4H3/t23-/m1/s1. The molecule has 0 saturated heterocycles. The van der Waals surface area contributed by atoms with Gasteiger partial charge in [0.15, 0.2) is 11.5 Å². The Balaban J connectivity index is 1.92. The Morgan fingerprint density at radius 3 is 2.61 bits per heavy atom. The molecule has 1 aliphatic heterocycles. The van der Waals surface area contributed by atoms with Crippen LogP contribution in [0.1, 0.15) is 22.9 Å². The Kier molecular flexibility index (Phi) is 4.90. The van der Waals surface area contributed by atoms with Crippen molar-refractivity contribution in [3.8, 4) is 22.8 Å². The lowest BCUT2D eigenvalue weighted by atomic mass is 10.0. The van der Waals surface area contributed by atoms with Crippen LogP contribution >= 0.6 is 0 Å². The number of aromatic nitrogens is 3. The van der Waals surface area contributed by atoms with E-state index in [9.17, 15) is 14.7 Å². The first-order chi connectivity index (χ1) is 15.8. The molecule has 0 unspecified atom stereocenters. The lowest BCUT2D eigenvalue weighted by Gasteiger charge is -2.28. The quantitative estimate of drug-likeness (QED) is 0.522. The number of fused-ring (bicyclic) bond motifs is 3. The third-order valence-corrected chi connectivity index (χ3v) is 6.35. The maximum atomic E-state index is 13.4. The number of phenols is 1. The van der Waals surface area contributed by atoms with Crippen molar-refractivity contribution in [3.63, 3.8) is 0 Å². The van der Waals surface area contributed by atoms with E-state index in [1.165, 1.54) is 18.7 Å². The number of methoxy groups -OCH3 is 1.